The maximum absolute atomic E-state index is 12.2. The molecule has 27 heavy (non-hydrogen) atoms. The average Bonchev–Trinajstić information content (AvgIpc) is 2.93. The Hall–Kier alpha value is -3.00. The molecule has 0 aliphatic rings. The standard InChI is InChI=1S/C19H19N3O4S/c1-10-4-6-13(7-5-10)17(24)20-8-15(23)26-9-14-21-18(25)16-11(2)12(3)27-19(16)22-14/h4-7H,8-9H2,1-3H3,(H,20,24)(H,21,22,25). The van der Waals surface area contributed by atoms with Crippen molar-refractivity contribution in [2.75, 3.05) is 6.54 Å². The first-order valence-corrected chi connectivity index (χ1v) is 9.16. The zero-order valence-electron chi connectivity index (χ0n) is 15.2. The fourth-order valence-corrected chi connectivity index (χ4v) is 3.58. The normalized spacial score (nSPS) is 10.8. The lowest BCUT2D eigenvalue weighted by atomic mass is 10.1. The molecule has 0 unspecified atom stereocenters. The molecule has 0 saturated carbocycles. The van der Waals surface area contributed by atoms with Crippen LogP contribution in [-0.2, 0) is 16.1 Å². The second-order valence-corrected chi connectivity index (χ2v) is 7.39. The number of thiophene rings is 1. The number of hydrogen-bond donors (Lipinski definition) is 2. The number of aromatic amines is 1. The van der Waals surface area contributed by atoms with Gasteiger partial charge in [-0.15, -0.1) is 11.3 Å². The Balaban J connectivity index is 1.57. The number of carbonyl (C=O) groups excluding carboxylic acids is 2. The minimum Gasteiger partial charge on any atom is -0.456 e. The number of amides is 1. The van der Waals surface area contributed by atoms with Gasteiger partial charge < -0.3 is 15.0 Å². The molecule has 3 rings (SSSR count). The van der Waals surface area contributed by atoms with E-state index in [1.54, 1.807) is 12.1 Å². The first-order chi connectivity index (χ1) is 12.8. The van der Waals surface area contributed by atoms with Crippen molar-refractivity contribution in [1.29, 1.82) is 0 Å². The maximum atomic E-state index is 12.2. The molecule has 0 bridgehead atoms. The van der Waals surface area contributed by atoms with Crippen molar-refractivity contribution in [1.82, 2.24) is 15.3 Å². The molecule has 0 spiro atoms. The Kier molecular flexibility index (Phi) is 5.36. The summed E-state index contributed by atoms with van der Waals surface area (Å²) in [4.78, 5) is 44.6. The topological polar surface area (TPSA) is 101 Å². The van der Waals surface area contributed by atoms with Crippen LogP contribution >= 0.6 is 11.3 Å². The Morgan fingerprint density at radius 2 is 1.89 bits per heavy atom. The Morgan fingerprint density at radius 3 is 2.59 bits per heavy atom. The van der Waals surface area contributed by atoms with E-state index in [1.807, 2.05) is 32.9 Å². The Morgan fingerprint density at radius 1 is 1.19 bits per heavy atom. The number of carbonyl (C=O) groups is 2. The molecule has 2 heterocycles. The summed E-state index contributed by atoms with van der Waals surface area (Å²) in [7, 11) is 0. The lowest BCUT2D eigenvalue weighted by Gasteiger charge is -2.07. The summed E-state index contributed by atoms with van der Waals surface area (Å²) in [5.74, 6) is -0.701. The minimum atomic E-state index is -0.614. The summed E-state index contributed by atoms with van der Waals surface area (Å²) < 4.78 is 5.09. The number of benzene rings is 1. The predicted molar refractivity (Wildman–Crippen MR) is 103 cm³/mol. The van der Waals surface area contributed by atoms with E-state index in [-0.39, 0.29) is 30.4 Å². The van der Waals surface area contributed by atoms with Crippen LogP contribution in [0.5, 0.6) is 0 Å². The SMILES string of the molecule is Cc1ccc(C(=O)NCC(=O)OCc2nc3sc(C)c(C)c3c(=O)[nH]2)cc1. The molecule has 0 fully saturated rings. The van der Waals surface area contributed by atoms with Crippen LogP contribution in [0.1, 0.15) is 32.2 Å². The third kappa shape index (κ3) is 4.22. The fourth-order valence-electron chi connectivity index (χ4n) is 2.53. The number of aryl methyl sites for hydroxylation is 3. The van der Waals surface area contributed by atoms with E-state index in [1.165, 1.54) is 11.3 Å². The van der Waals surface area contributed by atoms with Gasteiger partial charge in [0.2, 0.25) is 0 Å². The number of rotatable bonds is 5. The van der Waals surface area contributed by atoms with Crippen molar-refractivity contribution in [3.05, 3.63) is 62.0 Å². The number of hydrogen-bond acceptors (Lipinski definition) is 6. The largest absolute Gasteiger partial charge is 0.456 e. The molecule has 0 atom stereocenters. The van der Waals surface area contributed by atoms with Crippen molar-refractivity contribution < 1.29 is 14.3 Å². The first kappa shape index (κ1) is 18.8. The molecule has 0 radical (unpaired) electrons. The molecule has 7 nitrogen and oxygen atoms in total. The van der Waals surface area contributed by atoms with Crippen molar-refractivity contribution in [2.24, 2.45) is 0 Å². The van der Waals surface area contributed by atoms with Gasteiger partial charge in [0.05, 0.1) is 5.39 Å². The van der Waals surface area contributed by atoms with Gasteiger partial charge in [0.15, 0.2) is 0 Å². The number of H-pyrrole nitrogens is 1. The van der Waals surface area contributed by atoms with Gasteiger partial charge in [-0.25, -0.2) is 4.98 Å². The molecule has 1 aromatic carbocycles. The lowest BCUT2D eigenvalue weighted by Crippen LogP contribution is -2.30. The molecule has 1 amide bonds. The molecule has 2 N–H and O–H groups in total. The second kappa shape index (κ2) is 7.71. The molecular formula is C19H19N3O4S. The predicted octanol–water partition coefficient (Wildman–Crippen LogP) is 2.38. The van der Waals surface area contributed by atoms with Crippen LogP contribution in [0.15, 0.2) is 29.1 Å². The number of nitrogens with zero attached hydrogens (tertiary/aromatic N) is 1. The summed E-state index contributed by atoms with van der Waals surface area (Å²) in [5.41, 5.74) is 2.17. The second-order valence-electron chi connectivity index (χ2n) is 6.19. The molecule has 0 aliphatic carbocycles. The van der Waals surface area contributed by atoms with E-state index in [9.17, 15) is 14.4 Å². The highest BCUT2D eigenvalue weighted by Gasteiger charge is 2.13. The Labute approximate surface area is 159 Å². The number of nitrogens with one attached hydrogen (secondary N) is 2. The van der Waals surface area contributed by atoms with Gasteiger partial charge >= 0.3 is 5.97 Å². The number of ether oxygens (including phenoxy) is 1. The molecule has 8 heteroatoms. The van der Waals surface area contributed by atoms with Gasteiger partial charge in [-0.05, 0) is 38.5 Å². The van der Waals surface area contributed by atoms with Gasteiger partial charge in [0, 0.05) is 10.4 Å². The smallest absolute Gasteiger partial charge is 0.325 e. The number of esters is 1. The average molecular weight is 385 g/mol. The third-order valence-corrected chi connectivity index (χ3v) is 5.27. The molecule has 140 valence electrons. The first-order valence-electron chi connectivity index (χ1n) is 8.34. The van der Waals surface area contributed by atoms with E-state index in [2.05, 4.69) is 15.3 Å². The highest BCUT2D eigenvalue weighted by molar-refractivity contribution is 7.18. The summed E-state index contributed by atoms with van der Waals surface area (Å²) in [6.07, 6.45) is 0. The zero-order chi connectivity index (χ0) is 19.6. The number of aromatic nitrogens is 2. The Bertz CT molecular complexity index is 1070. The van der Waals surface area contributed by atoms with Crippen LogP contribution in [-0.4, -0.2) is 28.4 Å². The highest BCUT2D eigenvalue weighted by Crippen LogP contribution is 2.25. The van der Waals surface area contributed by atoms with Gasteiger partial charge in [-0.2, -0.15) is 0 Å². The quantitative estimate of drug-likeness (QED) is 0.657. The highest BCUT2D eigenvalue weighted by atomic mass is 32.1. The summed E-state index contributed by atoms with van der Waals surface area (Å²) in [5, 5.41) is 3.07. The summed E-state index contributed by atoms with van der Waals surface area (Å²) in [6, 6.07) is 7.01. The molecular weight excluding hydrogens is 366 g/mol. The van der Waals surface area contributed by atoms with Crippen LogP contribution in [0.25, 0.3) is 10.2 Å². The summed E-state index contributed by atoms with van der Waals surface area (Å²) >= 11 is 1.43. The van der Waals surface area contributed by atoms with E-state index >= 15 is 0 Å². The maximum Gasteiger partial charge on any atom is 0.325 e. The van der Waals surface area contributed by atoms with Crippen molar-refractivity contribution in [3.8, 4) is 0 Å². The van der Waals surface area contributed by atoms with Gasteiger partial charge in [0.1, 0.15) is 23.8 Å². The van der Waals surface area contributed by atoms with E-state index in [4.69, 9.17) is 4.74 Å². The van der Waals surface area contributed by atoms with Crippen molar-refractivity contribution >= 4 is 33.4 Å². The fraction of sp³-hybridized carbons (Fsp3) is 0.263. The van der Waals surface area contributed by atoms with Crippen LogP contribution in [0.4, 0.5) is 0 Å². The zero-order valence-corrected chi connectivity index (χ0v) is 16.0. The lowest BCUT2D eigenvalue weighted by molar-refractivity contribution is -0.143. The minimum absolute atomic E-state index is 0.166. The monoisotopic (exact) mass is 385 g/mol. The third-order valence-electron chi connectivity index (χ3n) is 4.17. The molecule has 2 aromatic heterocycles. The van der Waals surface area contributed by atoms with Crippen LogP contribution in [0, 0.1) is 20.8 Å². The van der Waals surface area contributed by atoms with E-state index in [0.29, 0.717) is 15.8 Å². The van der Waals surface area contributed by atoms with Crippen LogP contribution in [0.2, 0.25) is 0 Å². The van der Waals surface area contributed by atoms with E-state index in [0.717, 1.165) is 16.0 Å². The van der Waals surface area contributed by atoms with Gasteiger partial charge in [-0.3, -0.25) is 14.4 Å². The van der Waals surface area contributed by atoms with Crippen molar-refractivity contribution in [3.63, 3.8) is 0 Å². The van der Waals surface area contributed by atoms with E-state index < -0.39 is 5.97 Å². The van der Waals surface area contributed by atoms with Crippen molar-refractivity contribution in [2.45, 2.75) is 27.4 Å². The molecule has 0 saturated heterocycles. The summed E-state index contributed by atoms with van der Waals surface area (Å²) in [6.45, 7) is 5.30. The van der Waals surface area contributed by atoms with Crippen LogP contribution in [0.3, 0.4) is 0 Å². The molecule has 0 aliphatic heterocycles. The van der Waals surface area contributed by atoms with Gasteiger partial charge in [0.25, 0.3) is 11.5 Å². The van der Waals surface area contributed by atoms with Crippen LogP contribution < -0.4 is 10.9 Å². The number of fused-ring (bicyclic) bond motifs is 1. The molecule has 3 aromatic rings. The van der Waals surface area contributed by atoms with Gasteiger partial charge in [-0.1, -0.05) is 17.7 Å².